The number of carboxylic acid groups (broad SMARTS) is 1. The van der Waals surface area contributed by atoms with E-state index in [0.717, 1.165) is 5.56 Å². The van der Waals surface area contributed by atoms with E-state index in [9.17, 15) is 14.3 Å². The number of aromatic nitrogens is 2. The number of imidazole rings is 1. The van der Waals surface area contributed by atoms with Crippen LogP contribution in [0.3, 0.4) is 0 Å². The van der Waals surface area contributed by atoms with Crippen LogP contribution in [0.15, 0.2) is 54.6 Å². The zero-order valence-electron chi connectivity index (χ0n) is 15.9. The number of benzene rings is 3. The molecule has 1 aromatic heterocycles. The van der Waals surface area contributed by atoms with Gasteiger partial charge in [0, 0.05) is 0 Å². The number of ether oxygens (including phenoxy) is 2. The molecule has 0 aliphatic rings. The molecule has 0 aliphatic carbocycles. The predicted molar refractivity (Wildman–Crippen MR) is 115 cm³/mol. The normalized spacial score (nSPS) is 10.9. The van der Waals surface area contributed by atoms with Gasteiger partial charge in [0.2, 0.25) is 0 Å². The molecule has 0 aliphatic heterocycles. The quantitative estimate of drug-likeness (QED) is 0.360. The Hall–Kier alpha value is -3.29. The number of halogens is 3. The van der Waals surface area contributed by atoms with Crippen molar-refractivity contribution >= 4 is 40.2 Å². The summed E-state index contributed by atoms with van der Waals surface area (Å²) in [6.45, 7) is 0.173. The molecule has 0 bridgehead atoms. The van der Waals surface area contributed by atoms with E-state index in [4.69, 9.17) is 32.7 Å². The second-order valence-electron chi connectivity index (χ2n) is 6.64. The van der Waals surface area contributed by atoms with Crippen LogP contribution in [-0.2, 0) is 13.2 Å². The zero-order chi connectivity index (χ0) is 22.0. The van der Waals surface area contributed by atoms with E-state index in [0.29, 0.717) is 32.7 Å². The third-order valence-corrected chi connectivity index (χ3v) is 5.17. The number of carbonyl (C=O) groups is 1. The van der Waals surface area contributed by atoms with Crippen molar-refractivity contribution < 1.29 is 23.8 Å². The average molecular weight is 461 g/mol. The minimum absolute atomic E-state index is 0.0475. The number of aromatic amines is 1. The van der Waals surface area contributed by atoms with Crippen LogP contribution in [0.5, 0.6) is 11.5 Å². The van der Waals surface area contributed by atoms with Crippen LogP contribution < -0.4 is 9.47 Å². The lowest BCUT2D eigenvalue weighted by molar-refractivity contribution is 0.0696. The lowest BCUT2D eigenvalue weighted by atomic mass is 10.2. The van der Waals surface area contributed by atoms with Gasteiger partial charge in [0.15, 0.2) is 11.5 Å². The highest BCUT2D eigenvalue weighted by molar-refractivity contribution is 6.42. The van der Waals surface area contributed by atoms with Crippen LogP contribution >= 0.6 is 23.2 Å². The first-order valence-electron chi connectivity index (χ1n) is 9.10. The van der Waals surface area contributed by atoms with Crippen molar-refractivity contribution in [3.05, 3.63) is 87.4 Å². The van der Waals surface area contributed by atoms with E-state index < -0.39 is 5.97 Å². The molecule has 2 N–H and O–H groups in total. The number of hydrogen-bond acceptors (Lipinski definition) is 4. The molecule has 1 heterocycles. The minimum Gasteiger partial charge on any atom is -0.485 e. The SMILES string of the molecule is O=C(O)c1ccc(OCc2nc3ccc(F)cc3[nH]2)c(OCc2ccc(Cl)c(Cl)c2)c1. The van der Waals surface area contributed by atoms with Crippen molar-refractivity contribution in [3.63, 3.8) is 0 Å². The van der Waals surface area contributed by atoms with Crippen molar-refractivity contribution in [2.45, 2.75) is 13.2 Å². The Morgan fingerprint density at radius 1 is 0.968 bits per heavy atom. The highest BCUT2D eigenvalue weighted by Crippen LogP contribution is 2.31. The molecule has 158 valence electrons. The molecular weight excluding hydrogens is 446 g/mol. The number of hydrogen-bond donors (Lipinski definition) is 2. The van der Waals surface area contributed by atoms with E-state index in [-0.39, 0.29) is 30.3 Å². The summed E-state index contributed by atoms with van der Waals surface area (Å²) in [6.07, 6.45) is 0. The number of rotatable bonds is 7. The molecule has 0 fully saturated rings. The second-order valence-corrected chi connectivity index (χ2v) is 7.45. The topological polar surface area (TPSA) is 84.4 Å². The fraction of sp³-hybridized carbons (Fsp3) is 0.0909. The van der Waals surface area contributed by atoms with E-state index >= 15 is 0 Å². The van der Waals surface area contributed by atoms with Gasteiger partial charge >= 0.3 is 5.97 Å². The summed E-state index contributed by atoms with van der Waals surface area (Å²) in [5.74, 6) is -0.403. The molecule has 0 atom stereocenters. The highest BCUT2D eigenvalue weighted by Gasteiger charge is 2.13. The van der Waals surface area contributed by atoms with Gasteiger partial charge in [-0.15, -0.1) is 0 Å². The summed E-state index contributed by atoms with van der Waals surface area (Å²) < 4.78 is 25.0. The Balaban J connectivity index is 1.54. The Bertz CT molecular complexity index is 1280. The molecule has 31 heavy (non-hydrogen) atoms. The van der Waals surface area contributed by atoms with E-state index in [1.165, 1.54) is 30.3 Å². The van der Waals surface area contributed by atoms with Crippen molar-refractivity contribution in [2.75, 3.05) is 0 Å². The maximum Gasteiger partial charge on any atom is 0.335 e. The standard InChI is InChI=1S/C22H15Cl2FN2O4/c23-15-4-1-12(7-16(15)24)10-30-20-8-13(22(28)29)2-6-19(20)31-11-21-26-17-5-3-14(25)9-18(17)27-21/h1-9H,10-11H2,(H,26,27)(H,28,29). The van der Waals surface area contributed by atoms with Gasteiger partial charge in [-0.25, -0.2) is 14.2 Å². The summed E-state index contributed by atoms with van der Waals surface area (Å²) >= 11 is 12.0. The molecular formula is C22H15Cl2FN2O4. The van der Waals surface area contributed by atoms with Crippen LogP contribution in [0.1, 0.15) is 21.7 Å². The largest absolute Gasteiger partial charge is 0.485 e. The number of carboxylic acids is 1. The lowest BCUT2D eigenvalue weighted by Crippen LogP contribution is -2.04. The molecule has 0 spiro atoms. The Morgan fingerprint density at radius 3 is 2.55 bits per heavy atom. The number of aromatic carboxylic acids is 1. The average Bonchev–Trinajstić information content (AvgIpc) is 3.15. The summed E-state index contributed by atoms with van der Waals surface area (Å²) in [4.78, 5) is 18.7. The van der Waals surface area contributed by atoms with Gasteiger partial charge < -0.3 is 19.6 Å². The summed E-state index contributed by atoms with van der Waals surface area (Å²) in [5.41, 5.74) is 1.96. The van der Waals surface area contributed by atoms with Gasteiger partial charge in [-0.05, 0) is 54.1 Å². The van der Waals surface area contributed by atoms with E-state index in [2.05, 4.69) is 9.97 Å². The summed E-state index contributed by atoms with van der Waals surface area (Å²) in [7, 11) is 0. The molecule has 9 heteroatoms. The van der Waals surface area contributed by atoms with E-state index in [1.807, 2.05) is 0 Å². The zero-order valence-corrected chi connectivity index (χ0v) is 17.4. The third kappa shape index (κ3) is 4.90. The molecule has 6 nitrogen and oxygen atoms in total. The smallest absolute Gasteiger partial charge is 0.335 e. The third-order valence-electron chi connectivity index (χ3n) is 4.43. The van der Waals surface area contributed by atoms with Gasteiger partial charge in [-0.2, -0.15) is 0 Å². The molecule has 3 aromatic carbocycles. The molecule has 0 amide bonds. The number of H-pyrrole nitrogens is 1. The predicted octanol–water partition coefficient (Wildman–Crippen LogP) is 5.87. The molecule has 0 saturated carbocycles. The first-order chi connectivity index (χ1) is 14.9. The molecule has 0 radical (unpaired) electrons. The minimum atomic E-state index is -1.09. The Labute approximate surface area is 186 Å². The van der Waals surface area contributed by atoms with Crippen LogP contribution in [0.4, 0.5) is 4.39 Å². The van der Waals surface area contributed by atoms with Crippen LogP contribution in [0.2, 0.25) is 10.0 Å². The van der Waals surface area contributed by atoms with Crippen molar-refractivity contribution in [3.8, 4) is 11.5 Å². The maximum absolute atomic E-state index is 13.4. The molecule has 0 unspecified atom stereocenters. The first kappa shape index (κ1) is 21.0. The Kier molecular flexibility index (Phi) is 5.97. The van der Waals surface area contributed by atoms with Crippen LogP contribution in [-0.4, -0.2) is 21.0 Å². The fourth-order valence-corrected chi connectivity index (χ4v) is 3.23. The second kappa shape index (κ2) is 8.83. The maximum atomic E-state index is 13.4. The summed E-state index contributed by atoms with van der Waals surface area (Å²) in [6, 6.07) is 13.6. The van der Waals surface area contributed by atoms with Gasteiger partial charge in [-0.3, -0.25) is 0 Å². The van der Waals surface area contributed by atoms with Gasteiger partial charge in [0.05, 0.1) is 26.6 Å². The first-order valence-corrected chi connectivity index (χ1v) is 9.85. The number of nitrogens with zero attached hydrogens (tertiary/aromatic N) is 1. The van der Waals surface area contributed by atoms with Crippen molar-refractivity contribution in [2.24, 2.45) is 0 Å². The number of fused-ring (bicyclic) bond motifs is 1. The monoisotopic (exact) mass is 460 g/mol. The Morgan fingerprint density at radius 2 is 1.77 bits per heavy atom. The summed E-state index contributed by atoms with van der Waals surface area (Å²) in [5, 5.41) is 10.1. The van der Waals surface area contributed by atoms with Gasteiger partial charge in [0.25, 0.3) is 0 Å². The molecule has 4 rings (SSSR count). The van der Waals surface area contributed by atoms with Crippen LogP contribution in [0.25, 0.3) is 11.0 Å². The van der Waals surface area contributed by atoms with E-state index in [1.54, 1.807) is 24.3 Å². The van der Waals surface area contributed by atoms with Crippen molar-refractivity contribution in [1.82, 2.24) is 9.97 Å². The van der Waals surface area contributed by atoms with Crippen molar-refractivity contribution in [1.29, 1.82) is 0 Å². The van der Waals surface area contributed by atoms with Gasteiger partial charge in [0.1, 0.15) is 24.9 Å². The van der Waals surface area contributed by atoms with Gasteiger partial charge in [-0.1, -0.05) is 29.3 Å². The number of nitrogens with one attached hydrogen (secondary N) is 1. The molecule has 0 saturated heterocycles. The van der Waals surface area contributed by atoms with Crippen LogP contribution in [0, 0.1) is 5.82 Å². The fourth-order valence-electron chi connectivity index (χ4n) is 2.91. The highest BCUT2D eigenvalue weighted by atomic mass is 35.5. The molecule has 4 aromatic rings. The lowest BCUT2D eigenvalue weighted by Gasteiger charge is -2.13.